The van der Waals surface area contributed by atoms with Crippen molar-refractivity contribution in [2.45, 2.75) is 77.8 Å². The van der Waals surface area contributed by atoms with Crippen LogP contribution in [0.15, 0.2) is 71.1 Å². The highest BCUT2D eigenvalue weighted by Crippen LogP contribution is 2.58. The quantitative estimate of drug-likeness (QED) is 0.198. The maximum Gasteiger partial charge on any atom is 0.273 e. The molecule has 2 unspecified atom stereocenters. The number of benzene rings is 3. The number of para-hydroxylation sites is 1. The molecule has 3 aliphatic rings. The summed E-state index contributed by atoms with van der Waals surface area (Å²) in [5, 5.41) is 20.3. The molecule has 4 heterocycles. The predicted octanol–water partition coefficient (Wildman–Crippen LogP) is 5.35. The number of Topliss-reactive ketones (excluding diaryl/α,β-unsaturated/α-hetero) is 1. The molecule has 3 aromatic carbocycles. The second-order valence-corrected chi connectivity index (χ2v) is 14.2. The van der Waals surface area contributed by atoms with E-state index in [4.69, 9.17) is 14.1 Å². The fraction of sp³-hybridized carbons (Fsp3) is 0.385. The highest BCUT2D eigenvalue weighted by Gasteiger charge is 2.61. The second-order valence-electron chi connectivity index (χ2n) is 14.2. The Kier molecular flexibility index (Phi) is 8.30. The van der Waals surface area contributed by atoms with Crippen LogP contribution in [0.5, 0.6) is 5.75 Å². The molecule has 2 amide bonds. The zero-order chi connectivity index (χ0) is 34.6. The molecule has 0 fully saturated rings. The van der Waals surface area contributed by atoms with Crippen molar-refractivity contribution < 1.29 is 28.6 Å². The van der Waals surface area contributed by atoms with Crippen LogP contribution in [0.3, 0.4) is 0 Å². The Bertz CT molecular complexity index is 1930. The van der Waals surface area contributed by atoms with Crippen LogP contribution in [0.4, 0.5) is 5.69 Å². The van der Waals surface area contributed by atoms with Crippen LogP contribution >= 0.6 is 0 Å². The van der Waals surface area contributed by atoms with Crippen LogP contribution in [0, 0.1) is 24.7 Å². The third-order valence-electron chi connectivity index (χ3n) is 10.0. The number of nitrogens with one attached hydrogen (secondary N) is 3. The first-order valence-electron chi connectivity index (χ1n) is 17.0. The van der Waals surface area contributed by atoms with Crippen LogP contribution in [-0.2, 0) is 28.0 Å². The molecular formula is C39H42N4O6. The Morgan fingerprint density at radius 3 is 2.51 bits per heavy atom. The number of oxazole rings is 1. The minimum atomic E-state index is -1.18. The molecule has 49 heavy (non-hydrogen) atoms. The summed E-state index contributed by atoms with van der Waals surface area (Å²) in [7, 11) is 0. The molecule has 1 spiro atoms. The monoisotopic (exact) mass is 662 g/mol. The van der Waals surface area contributed by atoms with Crippen molar-refractivity contribution in [3.05, 3.63) is 112 Å². The van der Waals surface area contributed by atoms with Gasteiger partial charge in [-0.05, 0) is 54.0 Å². The third-order valence-corrected chi connectivity index (χ3v) is 10.0. The van der Waals surface area contributed by atoms with Gasteiger partial charge in [-0.25, -0.2) is 4.98 Å². The van der Waals surface area contributed by atoms with E-state index < -0.39 is 35.6 Å². The minimum absolute atomic E-state index is 0.110. The van der Waals surface area contributed by atoms with Crippen molar-refractivity contribution in [3.63, 3.8) is 0 Å². The lowest BCUT2D eigenvalue weighted by Crippen LogP contribution is -2.41. The molecule has 5 atom stereocenters. The van der Waals surface area contributed by atoms with Crippen molar-refractivity contribution >= 4 is 23.3 Å². The summed E-state index contributed by atoms with van der Waals surface area (Å²) in [5.74, 6) is -1.26. The van der Waals surface area contributed by atoms with Crippen LogP contribution in [0.1, 0.15) is 90.1 Å². The number of nitrogens with zero attached hydrogens (tertiary/aromatic N) is 1. The molecule has 0 saturated carbocycles. The maximum absolute atomic E-state index is 14.2. The summed E-state index contributed by atoms with van der Waals surface area (Å²) in [6.45, 7) is 9.72. The number of aromatic nitrogens is 1. The highest BCUT2D eigenvalue weighted by molar-refractivity contribution is 5.95. The first-order valence-corrected chi connectivity index (χ1v) is 17.0. The normalized spacial score (nSPS) is 22.6. The Labute approximate surface area is 285 Å². The molecule has 4 N–H and O–H groups in total. The number of ketones is 1. The molecule has 0 radical (unpaired) electrons. The smallest absolute Gasteiger partial charge is 0.273 e. The van der Waals surface area contributed by atoms with Gasteiger partial charge in [-0.1, -0.05) is 87.9 Å². The van der Waals surface area contributed by atoms with Gasteiger partial charge >= 0.3 is 0 Å². The summed E-state index contributed by atoms with van der Waals surface area (Å²) in [5.41, 5.74) is 4.39. The molecule has 4 aromatic rings. The molecule has 0 saturated heterocycles. The van der Waals surface area contributed by atoms with E-state index >= 15 is 0 Å². The number of amides is 2. The van der Waals surface area contributed by atoms with Gasteiger partial charge in [-0.2, -0.15) is 0 Å². The van der Waals surface area contributed by atoms with Gasteiger partial charge in [0.05, 0.1) is 0 Å². The summed E-state index contributed by atoms with van der Waals surface area (Å²) >= 11 is 0. The van der Waals surface area contributed by atoms with E-state index in [2.05, 4.69) is 16.0 Å². The Morgan fingerprint density at radius 1 is 1.02 bits per heavy atom. The summed E-state index contributed by atoms with van der Waals surface area (Å²) in [6.07, 6.45) is -1.70. The molecule has 0 aliphatic carbocycles. The van der Waals surface area contributed by atoms with Gasteiger partial charge in [-0.3, -0.25) is 14.4 Å². The number of aryl methyl sites for hydroxylation is 1. The summed E-state index contributed by atoms with van der Waals surface area (Å²) < 4.78 is 13.3. The average Bonchev–Trinajstić information content (AvgIpc) is 3.74. The maximum atomic E-state index is 14.2. The van der Waals surface area contributed by atoms with Crippen molar-refractivity contribution in [1.29, 1.82) is 0 Å². The Balaban J connectivity index is 1.40. The molecular weight excluding hydrogens is 620 g/mol. The molecule has 7 rings (SSSR count). The number of aliphatic hydroxyl groups excluding tert-OH is 1. The number of aliphatic hydroxyl groups is 1. The fourth-order valence-corrected chi connectivity index (χ4v) is 7.28. The topological polar surface area (TPSA) is 143 Å². The number of hydrogen-bond donors (Lipinski definition) is 4. The van der Waals surface area contributed by atoms with Gasteiger partial charge < -0.3 is 30.2 Å². The van der Waals surface area contributed by atoms with Crippen molar-refractivity contribution in [1.82, 2.24) is 15.6 Å². The van der Waals surface area contributed by atoms with Crippen molar-refractivity contribution in [2.24, 2.45) is 17.8 Å². The lowest BCUT2D eigenvalue weighted by Gasteiger charge is -2.28. The second kappa shape index (κ2) is 12.5. The van der Waals surface area contributed by atoms with Gasteiger partial charge in [0.1, 0.15) is 23.3 Å². The van der Waals surface area contributed by atoms with E-state index in [0.717, 1.165) is 33.5 Å². The van der Waals surface area contributed by atoms with Crippen LogP contribution in [-0.4, -0.2) is 40.0 Å². The number of carbonyl (C=O) groups is 3. The number of ether oxygens (including phenoxy) is 1. The van der Waals surface area contributed by atoms with Gasteiger partial charge in [0.15, 0.2) is 23.5 Å². The zero-order valence-corrected chi connectivity index (χ0v) is 28.4. The number of anilines is 1. The van der Waals surface area contributed by atoms with E-state index in [1.54, 1.807) is 13.8 Å². The van der Waals surface area contributed by atoms with Gasteiger partial charge in [0.25, 0.3) is 5.91 Å². The lowest BCUT2D eigenvalue weighted by atomic mass is 9.72. The number of rotatable bonds is 8. The number of carbonyl (C=O) groups excluding carboxylic acids is 3. The average molecular weight is 663 g/mol. The summed E-state index contributed by atoms with van der Waals surface area (Å²) in [6, 6.07) is 20.8. The molecule has 10 heteroatoms. The summed E-state index contributed by atoms with van der Waals surface area (Å²) in [4.78, 5) is 46.3. The molecule has 254 valence electrons. The van der Waals surface area contributed by atoms with Crippen molar-refractivity contribution in [3.8, 4) is 5.75 Å². The van der Waals surface area contributed by atoms with E-state index in [1.807, 2.05) is 87.5 Å². The van der Waals surface area contributed by atoms with E-state index in [1.165, 1.54) is 0 Å². The molecule has 10 nitrogen and oxygen atoms in total. The molecule has 1 aromatic heterocycles. The molecule has 3 aliphatic heterocycles. The third kappa shape index (κ3) is 5.57. The Morgan fingerprint density at radius 2 is 1.78 bits per heavy atom. The van der Waals surface area contributed by atoms with Crippen LogP contribution in [0.25, 0.3) is 0 Å². The first kappa shape index (κ1) is 32.6. The first-order chi connectivity index (χ1) is 23.5. The number of fused-ring (bicyclic) bond motifs is 4. The van der Waals surface area contributed by atoms with Crippen LogP contribution < -0.4 is 20.7 Å². The largest absolute Gasteiger partial charge is 0.469 e. The Hall–Kier alpha value is -4.96. The van der Waals surface area contributed by atoms with E-state index in [9.17, 15) is 19.5 Å². The molecule has 4 bridgehead atoms. The fourth-order valence-electron chi connectivity index (χ4n) is 7.28. The minimum Gasteiger partial charge on any atom is -0.469 e. The predicted molar refractivity (Wildman–Crippen MR) is 183 cm³/mol. The standard InChI is InChI=1S/C39H42N4O6/c1-20(2)31-37-43-32(36(47)40-19-23-12-10-22(5)11-13-23)34(49-37)39-26-8-6-7-9-28(26)41-38(39)48-30-15-14-24(17-27(30)39)16-25(35(46)42-31)18-29(44)33(45)21(3)4/h6-15,17,20-21,25,31,33,38,41,45H,16,18-19H2,1-5H3,(H,40,47)(H,42,46)/t25?,31-,33-,38-,39?/m0/s1. The zero-order valence-electron chi connectivity index (χ0n) is 28.4. The lowest BCUT2D eigenvalue weighted by molar-refractivity contribution is -0.135. The SMILES string of the molecule is Cc1ccc(CNC(=O)c2nc3oc2C24c5ccccc5N[C@H]2Oc2ccc(cc24)CC(CC(=O)[C@@H](O)C(C)C)C(=O)N[C@H]3C(C)C)cc1. The van der Waals surface area contributed by atoms with E-state index in [-0.39, 0.29) is 54.5 Å². The van der Waals surface area contributed by atoms with Crippen LogP contribution in [0.2, 0.25) is 0 Å². The van der Waals surface area contributed by atoms with Gasteiger partial charge in [-0.15, -0.1) is 0 Å². The van der Waals surface area contributed by atoms with Crippen molar-refractivity contribution in [2.75, 3.05) is 5.32 Å². The van der Waals surface area contributed by atoms with Gasteiger partial charge in [0.2, 0.25) is 11.8 Å². The highest BCUT2D eigenvalue weighted by atomic mass is 16.5. The van der Waals surface area contributed by atoms with Gasteiger partial charge in [0, 0.05) is 30.1 Å². The van der Waals surface area contributed by atoms with E-state index in [0.29, 0.717) is 11.5 Å². The number of hydrogen-bond acceptors (Lipinski definition) is 8.